The van der Waals surface area contributed by atoms with Crippen molar-refractivity contribution < 1.29 is 0 Å². The first-order chi connectivity index (χ1) is 7.42. The van der Waals surface area contributed by atoms with E-state index in [1.54, 1.807) is 5.37 Å². The van der Waals surface area contributed by atoms with Gasteiger partial charge in [-0.15, -0.1) is 0 Å². The van der Waals surface area contributed by atoms with Gasteiger partial charge in [-0.25, -0.2) is 0 Å². The molecule has 2 nitrogen and oxygen atoms in total. The maximum atomic E-state index is 5.11. The van der Waals surface area contributed by atoms with E-state index in [4.69, 9.17) is 12.2 Å². The second kappa shape index (κ2) is 3.35. The van der Waals surface area contributed by atoms with Gasteiger partial charge in [0.25, 0.3) is 0 Å². The number of aromatic nitrogens is 1. The van der Waals surface area contributed by atoms with Crippen molar-refractivity contribution in [2.45, 2.75) is 13.0 Å². The van der Waals surface area contributed by atoms with Crippen LogP contribution in [0.15, 0.2) is 24.3 Å². The van der Waals surface area contributed by atoms with Gasteiger partial charge < -0.3 is 9.88 Å². The van der Waals surface area contributed by atoms with Gasteiger partial charge in [-0.2, -0.15) is 0 Å². The van der Waals surface area contributed by atoms with Crippen molar-refractivity contribution in [1.29, 1.82) is 0 Å². The van der Waals surface area contributed by atoms with Gasteiger partial charge in [0.05, 0.1) is 5.52 Å². The summed E-state index contributed by atoms with van der Waals surface area (Å²) in [6.07, 6.45) is 1.18. The first-order valence-electron chi connectivity index (χ1n) is 5.22. The summed E-state index contributed by atoms with van der Waals surface area (Å²) in [5.41, 5.74) is 2.45. The molecule has 1 N–H and O–H groups in total. The third kappa shape index (κ3) is 1.20. The van der Waals surface area contributed by atoms with E-state index >= 15 is 0 Å². The molecule has 0 unspecified atom stereocenters. The fourth-order valence-corrected chi connectivity index (χ4v) is 2.55. The highest BCUT2D eigenvalue weighted by Crippen LogP contribution is 2.31. The quantitative estimate of drug-likeness (QED) is 0.738. The number of anilines is 1. The standard InChI is InChI=1S/C12H12N2S/c15-8-10-9-4-1-2-5-11(9)14-7-3-6-13-12(10)14/h1-2,4-5,8,13H,3,6-7H2. The molecule has 3 heteroatoms. The predicted octanol–water partition coefficient (Wildman–Crippen LogP) is 2.80. The van der Waals surface area contributed by atoms with E-state index in [0.717, 1.165) is 13.1 Å². The zero-order chi connectivity index (χ0) is 10.3. The Kier molecular flexibility index (Phi) is 1.99. The molecule has 0 atom stereocenters. The van der Waals surface area contributed by atoms with Gasteiger partial charge >= 0.3 is 0 Å². The number of aryl methyl sites for hydroxylation is 1. The summed E-state index contributed by atoms with van der Waals surface area (Å²) < 4.78 is 2.33. The van der Waals surface area contributed by atoms with Crippen LogP contribution in [0.1, 0.15) is 12.0 Å². The van der Waals surface area contributed by atoms with Crippen LogP contribution in [0, 0.1) is 0 Å². The lowest BCUT2D eigenvalue weighted by Gasteiger charge is -2.18. The lowest BCUT2D eigenvalue weighted by atomic mass is 10.2. The van der Waals surface area contributed by atoms with E-state index in [1.807, 2.05) is 0 Å². The van der Waals surface area contributed by atoms with E-state index in [0.29, 0.717) is 0 Å². The summed E-state index contributed by atoms with van der Waals surface area (Å²) in [6, 6.07) is 8.45. The van der Waals surface area contributed by atoms with Crippen molar-refractivity contribution in [3.05, 3.63) is 29.8 Å². The Morgan fingerprint density at radius 3 is 3.07 bits per heavy atom. The van der Waals surface area contributed by atoms with E-state index in [1.165, 1.54) is 28.7 Å². The summed E-state index contributed by atoms with van der Waals surface area (Å²) in [5.74, 6) is 1.19. The van der Waals surface area contributed by atoms with Crippen LogP contribution in [0.5, 0.6) is 0 Å². The minimum Gasteiger partial charge on any atom is -0.371 e. The second-order valence-corrected chi connectivity index (χ2v) is 4.06. The maximum absolute atomic E-state index is 5.11. The van der Waals surface area contributed by atoms with Crippen molar-refractivity contribution >= 4 is 34.3 Å². The van der Waals surface area contributed by atoms with Gasteiger partial charge in [0, 0.05) is 29.4 Å². The number of hydrogen-bond acceptors (Lipinski definition) is 2. The van der Waals surface area contributed by atoms with Gasteiger partial charge in [-0.3, -0.25) is 0 Å². The van der Waals surface area contributed by atoms with Crippen molar-refractivity contribution in [2.24, 2.45) is 0 Å². The maximum Gasteiger partial charge on any atom is 0.115 e. The van der Waals surface area contributed by atoms with E-state index in [-0.39, 0.29) is 0 Å². The topological polar surface area (TPSA) is 17.0 Å². The minimum atomic E-state index is 1.05. The van der Waals surface area contributed by atoms with Crippen LogP contribution >= 0.6 is 12.2 Å². The molecule has 1 aliphatic heterocycles. The fraction of sp³-hybridized carbons (Fsp3) is 0.250. The summed E-state index contributed by atoms with van der Waals surface area (Å²) in [7, 11) is 0. The van der Waals surface area contributed by atoms with Crippen molar-refractivity contribution in [3.63, 3.8) is 0 Å². The van der Waals surface area contributed by atoms with Crippen LogP contribution in [0.25, 0.3) is 10.9 Å². The first-order valence-corrected chi connectivity index (χ1v) is 5.69. The Balaban J connectivity index is 2.42. The average molecular weight is 216 g/mol. The number of nitrogens with one attached hydrogen (secondary N) is 1. The van der Waals surface area contributed by atoms with Gasteiger partial charge in [-0.1, -0.05) is 30.4 Å². The third-order valence-electron chi connectivity index (χ3n) is 2.98. The molecule has 0 aliphatic carbocycles. The number of para-hydroxylation sites is 1. The lowest BCUT2D eigenvalue weighted by Crippen LogP contribution is -2.17. The second-order valence-electron chi connectivity index (χ2n) is 3.83. The highest BCUT2D eigenvalue weighted by molar-refractivity contribution is 7.79. The van der Waals surface area contributed by atoms with E-state index in [2.05, 4.69) is 34.1 Å². The van der Waals surface area contributed by atoms with Gasteiger partial charge in [0.1, 0.15) is 5.82 Å². The van der Waals surface area contributed by atoms with Crippen LogP contribution in [0.2, 0.25) is 0 Å². The van der Waals surface area contributed by atoms with Crippen molar-refractivity contribution in [3.8, 4) is 0 Å². The SMILES string of the molecule is S=Cc1c2n(c3ccccc13)CCCN2. The van der Waals surface area contributed by atoms with E-state index in [9.17, 15) is 0 Å². The van der Waals surface area contributed by atoms with Crippen LogP contribution < -0.4 is 5.32 Å². The Morgan fingerprint density at radius 2 is 2.20 bits per heavy atom. The molecule has 1 aliphatic rings. The van der Waals surface area contributed by atoms with Gasteiger partial charge in [-0.05, 0) is 12.5 Å². The molecular weight excluding hydrogens is 204 g/mol. The molecule has 2 heterocycles. The Hall–Kier alpha value is -1.35. The van der Waals surface area contributed by atoms with Crippen LogP contribution in [0.3, 0.4) is 0 Å². The number of thiocarbonyl (C=S) groups is 1. The number of benzene rings is 1. The fourth-order valence-electron chi connectivity index (χ4n) is 2.32. The Labute approximate surface area is 93.9 Å². The average Bonchev–Trinajstić information content (AvgIpc) is 2.63. The minimum absolute atomic E-state index is 1.05. The van der Waals surface area contributed by atoms with Crippen molar-refractivity contribution in [2.75, 3.05) is 11.9 Å². The zero-order valence-electron chi connectivity index (χ0n) is 8.36. The predicted molar refractivity (Wildman–Crippen MR) is 67.8 cm³/mol. The molecule has 0 amide bonds. The molecule has 0 spiro atoms. The largest absolute Gasteiger partial charge is 0.371 e. The molecule has 0 fully saturated rings. The molecule has 0 saturated carbocycles. The van der Waals surface area contributed by atoms with Gasteiger partial charge in [0.15, 0.2) is 0 Å². The molecule has 0 bridgehead atoms. The monoisotopic (exact) mass is 216 g/mol. The molecule has 1 aromatic carbocycles. The lowest BCUT2D eigenvalue weighted by molar-refractivity contribution is 0.649. The smallest absolute Gasteiger partial charge is 0.115 e. The molecule has 76 valence electrons. The van der Waals surface area contributed by atoms with Gasteiger partial charge in [0.2, 0.25) is 0 Å². The molecular formula is C12H12N2S. The summed E-state index contributed by atoms with van der Waals surface area (Å²) >= 11 is 5.11. The molecule has 0 saturated heterocycles. The van der Waals surface area contributed by atoms with Crippen LogP contribution in [-0.4, -0.2) is 16.5 Å². The van der Waals surface area contributed by atoms with E-state index < -0.39 is 0 Å². The third-order valence-corrected chi connectivity index (χ3v) is 3.21. The van der Waals surface area contributed by atoms with Crippen molar-refractivity contribution in [1.82, 2.24) is 4.57 Å². The molecule has 1 aromatic heterocycles. The number of nitrogens with zero attached hydrogens (tertiary/aromatic N) is 1. The number of hydrogen-bond donors (Lipinski definition) is 1. The molecule has 15 heavy (non-hydrogen) atoms. The normalized spacial score (nSPS) is 14.7. The summed E-state index contributed by atoms with van der Waals surface area (Å²) in [4.78, 5) is 0. The molecule has 0 radical (unpaired) electrons. The Morgan fingerprint density at radius 1 is 1.33 bits per heavy atom. The Bertz CT molecular complexity index is 528. The number of rotatable bonds is 1. The number of fused-ring (bicyclic) bond motifs is 3. The summed E-state index contributed by atoms with van der Waals surface area (Å²) in [6.45, 7) is 2.14. The highest BCUT2D eigenvalue weighted by Gasteiger charge is 2.17. The molecule has 2 aromatic rings. The zero-order valence-corrected chi connectivity index (χ0v) is 9.18. The molecule has 3 rings (SSSR count). The van der Waals surface area contributed by atoms with Crippen LogP contribution in [0.4, 0.5) is 5.82 Å². The highest BCUT2D eigenvalue weighted by atomic mass is 32.1. The van der Waals surface area contributed by atoms with Crippen LogP contribution in [-0.2, 0) is 6.54 Å². The summed E-state index contributed by atoms with van der Waals surface area (Å²) in [5, 5.41) is 6.48. The first kappa shape index (κ1) is 8.92.